The number of rotatable bonds is 2. The van der Waals surface area contributed by atoms with E-state index in [1.807, 2.05) is 17.0 Å². The summed E-state index contributed by atoms with van der Waals surface area (Å²) in [7, 11) is 4.30. The summed E-state index contributed by atoms with van der Waals surface area (Å²) in [5, 5.41) is 0. The molecular formula is C21H30N2O3. The molecule has 0 N–H and O–H groups in total. The molecule has 1 aromatic carbocycles. The zero-order valence-electron chi connectivity index (χ0n) is 15.9. The minimum Gasteiger partial charge on any atom is -0.485 e. The molecule has 0 aromatic heterocycles. The molecule has 1 atom stereocenters. The van der Waals surface area contributed by atoms with Gasteiger partial charge in [-0.25, -0.2) is 0 Å². The first kappa shape index (κ1) is 17.8. The van der Waals surface area contributed by atoms with Crippen LogP contribution in [0.25, 0.3) is 0 Å². The SMILES string of the molecule is CN(C)C1CCC2(CC1)CN(C(=O)[C@@H]1CCCO1)Cc1ccccc1O2. The Hall–Kier alpha value is -1.59. The number of ether oxygens (including phenoxy) is 2. The maximum atomic E-state index is 13.1. The molecule has 0 bridgehead atoms. The first-order chi connectivity index (χ1) is 12.6. The number of carbonyl (C=O) groups is 1. The Bertz CT molecular complexity index is 646. The number of amides is 1. The topological polar surface area (TPSA) is 42.0 Å². The van der Waals surface area contributed by atoms with Crippen molar-refractivity contribution in [3.63, 3.8) is 0 Å². The van der Waals surface area contributed by atoms with E-state index in [2.05, 4.69) is 31.1 Å². The Morgan fingerprint density at radius 2 is 1.96 bits per heavy atom. The second-order valence-electron chi connectivity index (χ2n) is 8.28. The molecular weight excluding hydrogens is 328 g/mol. The van der Waals surface area contributed by atoms with E-state index in [0.717, 1.165) is 49.8 Å². The molecule has 1 saturated carbocycles. The van der Waals surface area contributed by atoms with Crippen LogP contribution in [0.15, 0.2) is 24.3 Å². The monoisotopic (exact) mass is 358 g/mol. The summed E-state index contributed by atoms with van der Waals surface area (Å²) >= 11 is 0. The van der Waals surface area contributed by atoms with Gasteiger partial charge in [0.15, 0.2) is 0 Å². The zero-order chi connectivity index (χ0) is 18.1. The van der Waals surface area contributed by atoms with Gasteiger partial charge in [-0.1, -0.05) is 18.2 Å². The molecule has 26 heavy (non-hydrogen) atoms. The van der Waals surface area contributed by atoms with Crippen molar-refractivity contribution >= 4 is 5.91 Å². The third-order valence-electron chi connectivity index (χ3n) is 6.25. The molecule has 1 aromatic rings. The zero-order valence-corrected chi connectivity index (χ0v) is 15.9. The summed E-state index contributed by atoms with van der Waals surface area (Å²) in [6, 6.07) is 8.78. The van der Waals surface area contributed by atoms with Crippen LogP contribution >= 0.6 is 0 Å². The lowest BCUT2D eigenvalue weighted by Crippen LogP contribution is -2.53. The van der Waals surface area contributed by atoms with Crippen LogP contribution in [0.4, 0.5) is 0 Å². The van der Waals surface area contributed by atoms with Crippen LogP contribution in [0.1, 0.15) is 44.1 Å². The lowest BCUT2D eigenvalue weighted by Gasteiger charge is -2.43. The average molecular weight is 358 g/mol. The summed E-state index contributed by atoms with van der Waals surface area (Å²) in [4.78, 5) is 17.4. The van der Waals surface area contributed by atoms with Gasteiger partial charge in [0.2, 0.25) is 0 Å². The Kier molecular flexibility index (Phi) is 4.93. The normalized spacial score (nSPS) is 31.6. The van der Waals surface area contributed by atoms with E-state index in [-0.39, 0.29) is 17.6 Å². The first-order valence-corrected chi connectivity index (χ1v) is 9.90. The van der Waals surface area contributed by atoms with Gasteiger partial charge in [-0.3, -0.25) is 4.79 Å². The van der Waals surface area contributed by atoms with E-state index in [4.69, 9.17) is 9.47 Å². The summed E-state index contributed by atoms with van der Waals surface area (Å²) in [5.74, 6) is 1.08. The van der Waals surface area contributed by atoms with Crippen LogP contribution in [0.5, 0.6) is 5.75 Å². The quantitative estimate of drug-likeness (QED) is 0.815. The molecule has 1 amide bonds. The van der Waals surface area contributed by atoms with Crippen molar-refractivity contribution in [2.45, 2.75) is 62.8 Å². The molecule has 2 aliphatic heterocycles. The summed E-state index contributed by atoms with van der Waals surface area (Å²) in [6.45, 7) is 1.99. The minimum absolute atomic E-state index is 0.136. The molecule has 5 heteroatoms. The van der Waals surface area contributed by atoms with Gasteiger partial charge in [0, 0.05) is 24.8 Å². The van der Waals surface area contributed by atoms with Gasteiger partial charge in [0.25, 0.3) is 5.91 Å². The second kappa shape index (κ2) is 7.20. The lowest BCUT2D eigenvalue weighted by molar-refractivity contribution is -0.144. The predicted octanol–water partition coefficient (Wildman–Crippen LogP) is 2.83. The highest BCUT2D eigenvalue weighted by atomic mass is 16.5. The fourth-order valence-electron chi connectivity index (χ4n) is 4.65. The van der Waals surface area contributed by atoms with Gasteiger partial charge in [0.05, 0.1) is 6.54 Å². The van der Waals surface area contributed by atoms with Crippen LogP contribution in [0.2, 0.25) is 0 Å². The van der Waals surface area contributed by atoms with Crippen LogP contribution in [0.3, 0.4) is 0 Å². The van der Waals surface area contributed by atoms with Gasteiger partial charge in [-0.05, 0) is 58.7 Å². The van der Waals surface area contributed by atoms with Crippen molar-refractivity contribution in [2.75, 3.05) is 27.2 Å². The van der Waals surface area contributed by atoms with E-state index in [1.165, 1.54) is 0 Å². The number of benzene rings is 1. The molecule has 0 unspecified atom stereocenters. The van der Waals surface area contributed by atoms with Gasteiger partial charge in [-0.15, -0.1) is 0 Å². The third-order valence-corrected chi connectivity index (χ3v) is 6.25. The molecule has 3 aliphatic rings. The van der Waals surface area contributed by atoms with Crippen LogP contribution in [0, 0.1) is 0 Å². The number of hydrogen-bond acceptors (Lipinski definition) is 4. The maximum Gasteiger partial charge on any atom is 0.252 e. The van der Waals surface area contributed by atoms with E-state index in [0.29, 0.717) is 25.7 Å². The molecule has 142 valence electrons. The molecule has 0 radical (unpaired) electrons. The summed E-state index contributed by atoms with van der Waals surface area (Å²) in [5.41, 5.74) is 0.832. The Labute approximate surface area is 156 Å². The minimum atomic E-state index is -0.270. The van der Waals surface area contributed by atoms with Crippen molar-refractivity contribution in [1.29, 1.82) is 0 Å². The van der Waals surface area contributed by atoms with E-state index < -0.39 is 0 Å². The Balaban J connectivity index is 1.59. The molecule has 4 rings (SSSR count). The van der Waals surface area contributed by atoms with Gasteiger partial charge < -0.3 is 19.3 Å². The number of fused-ring (bicyclic) bond motifs is 1. The van der Waals surface area contributed by atoms with Crippen LogP contribution in [-0.4, -0.2) is 60.7 Å². The highest BCUT2D eigenvalue weighted by Crippen LogP contribution is 2.39. The number of hydrogen-bond donors (Lipinski definition) is 0. The molecule has 1 saturated heterocycles. The van der Waals surface area contributed by atoms with Gasteiger partial charge >= 0.3 is 0 Å². The molecule has 5 nitrogen and oxygen atoms in total. The van der Waals surface area contributed by atoms with Gasteiger partial charge in [-0.2, -0.15) is 0 Å². The average Bonchev–Trinajstić information content (AvgIpc) is 3.12. The van der Waals surface area contributed by atoms with E-state index in [9.17, 15) is 4.79 Å². The summed E-state index contributed by atoms with van der Waals surface area (Å²) in [6.07, 6.45) is 5.74. The van der Waals surface area contributed by atoms with Crippen molar-refractivity contribution in [2.24, 2.45) is 0 Å². The number of nitrogens with zero attached hydrogens (tertiary/aromatic N) is 2. The predicted molar refractivity (Wildman–Crippen MR) is 100 cm³/mol. The maximum absolute atomic E-state index is 13.1. The smallest absolute Gasteiger partial charge is 0.252 e. The fraction of sp³-hybridized carbons (Fsp3) is 0.667. The van der Waals surface area contributed by atoms with E-state index >= 15 is 0 Å². The van der Waals surface area contributed by atoms with Gasteiger partial charge in [0.1, 0.15) is 17.5 Å². The fourth-order valence-corrected chi connectivity index (χ4v) is 4.65. The van der Waals surface area contributed by atoms with Crippen molar-refractivity contribution in [3.05, 3.63) is 29.8 Å². The largest absolute Gasteiger partial charge is 0.485 e. The molecule has 1 aliphatic carbocycles. The first-order valence-electron chi connectivity index (χ1n) is 9.90. The lowest BCUT2D eigenvalue weighted by atomic mass is 9.81. The summed E-state index contributed by atoms with van der Waals surface area (Å²) < 4.78 is 12.3. The Morgan fingerprint density at radius 3 is 2.65 bits per heavy atom. The number of para-hydroxylation sites is 1. The number of carbonyl (C=O) groups excluding carboxylic acids is 1. The second-order valence-corrected chi connectivity index (χ2v) is 8.28. The van der Waals surface area contributed by atoms with Crippen molar-refractivity contribution in [3.8, 4) is 5.75 Å². The molecule has 2 heterocycles. The highest BCUT2D eigenvalue weighted by Gasteiger charge is 2.43. The van der Waals surface area contributed by atoms with Crippen LogP contribution < -0.4 is 4.74 Å². The van der Waals surface area contributed by atoms with Crippen molar-refractivity contribution < 1.29 is 14.3 Å². The highest BCUT2D eigenvalue weighted by molar-refractivity contribution is 5.81. The third kappa shape index (κ3) is 3.47. The van der Waals surface area contributed by atoms with Crippen molar-refractivity contribution in [1.82, 2.24) is 9.80 Å². The molecule has 1 spiro atoms. The van der Waals surface area contributed by atoms with E-state index in [1.54, 1.807) is 0 Å². The Morgan fingerprint density at radius 1 is 1.19 bits per heavy atom. The molecule has 2 fully saturated rings. The standard InChI is InChI=1S/C21H30N2O3/c1-22(2)17-9-11-21(12-10-17)15-23(20(24)19-8-5-13-25-19)14-16-6-3-4-7-18(16)26-21/h3-4,6-7,17,19H,5,8-15H2,1-2H3/t17?,19-,21?/m0/s1. The van der Waals surface area contributed by atoms with Crippen LogP contribution in [-0.2, 0) is 16.1 Å².